The van der Waals surface area contributed by atoms with Crippen molar-refractivity contribution < 1.29 is 0 Å². The summed E-state index contributed by atoms with van der Waals surface area (Å²) < 4.78 is 1.11. The van der Waals surface area contributed by atoms with Crippen LogP contribution in [-0.2, 0) is 0 Å². The van der Waals surface area contributed by atoms with Crippen LogP contribution in [0.4, 0.5) is 0 Å². The molecule has 20 heavy (non-hydrogen) atoms. The first-order valence-electron chi connectivity index (χ1n) is 6.67. The zero-order chi connectivity index (χ0) is 13.9. The van der Waals surface area contributed by atoms with Crippen LogP contribution in [0.2, 0.25) is 0 Å². The van der Waals surface area contributed by atoms with Gasteiger partial charge in [0, 0.05) is 4.47 Å². The molecule has 1 heteroatoms. The van der Waals surface area contributed by atoms with E-state index in [-0.39, 0.29) is 0 Å². The summed E-state index contributed by atoms with van der Waals surface area (Å²) in [5.41, 5.74) is 6.38. The topological polar surface area (TPSA) is 0 Å². The number of hydrogen-bond donors (Lipinski definition) is 0. The summed E-state index contributed by atoms with van der Waals surface area (Å²) in [6.45, 7) is 2.16. The lowest BCUT2D eigenvalue weighted by Crippen LogP contribution is -1.87. The second kappa shape index (κ2) is 5.64. The van der Waals surface area contributed by atoms with Gasteiger partial charge in [-0.05, 0) is 46.9 Å². The maximum Gasteiger partial charge on any atom is 0.0181 e. The lowest BCUT2D eigenvalue weighted by atomic mass is 9.92. The Morgan fingerprint density at radius 1 is 0.650 bits per heavy atom. The van der Waals surface area contributed by atoms with Crippen molar-refractivity contribution in [3.05, 3.63) is 82.8 Å². The van der Waals surface area contributed by atoms with E-state index in [0.29, 0.717) is 0 Å². The van der Waals surface area contributed by atoms with Gasteiger partial charge in [0.05, 0.1) is 0 Å². The SMILES string of the molecule is Cc1ccccc1-c1ccccc1-c1cccc(Br)c1. The monoisotopic (exact) mass is 322 g/mol. The van der Waals surface area contributed by atoms with Crippen molar-refractivity contribution in [2.75, 3.05) is 0 Å². The zero-order valence-electron chi connectivity index (χ0n) is 11.3. The average molecular weight is 323 g/mol. The van der Waals surface area contributed by atoms with Gasteiger partial charge in [-0.3, -0.25) is 0 Å². The number of benzene rings is 3. The van der Waals surface area contributed by atoms with Gasteiger partial charge in [-0.25, -0.2) is 0 Å². The Bertz CT molecular complexity index is 744. The Hall–Kier alpha value is -1.86. The number of rotatable bonds is 2. The summed E-state index contributed by atoms with van der Waals surface area (Å²) in [4.78, 5) is 0. The fraction of sp³-hybridized carbons (Fsp3) is 0.0526. The third kappa shape index (κ3) is 2.54. The minimum absolute atomic E-state index is 1.11. The molecule has 0 unspecified atom stereocenters. The molecule has 0 N–H and O–H groups in total. The van der Waals surface area contributed by atoms with E-state index < -0.39 is 0 Å². The first kappa shape index (κ1) is 13.1. The first-order valence-corrected chi connectivity index (χ1v) is 7.46. The van der Waals surface area contributed by atoms with Gasteiger partial charge in [-0.2, -0.15) is 0 Å². The van der Waals surface area contributed by atoms with Crippen molar-refractivity contribution in [2.45, 2.75) is 6.92 Å². The Kier molecular flexibility index (Phi) is 3.70. The second-order valence-electron chi connectivity index (χ2n) is 4.87. The van der Waals surface area contributed by atoms with Crippen LogP contribution in [0.3, 0.4) is 0 Å². The van der Waals surface area contributed by atoms with E-state index in [1.165, 1.54) is 27.8 Å². The summed E-state index contributed by atoms with van der Waals surface area (Å²) >= 11 is 3.55. The zero-order valence-corrected chi connectivity index (χ0v) is 12.9. The Morgan fingerprint density at radius 3 is 2.00 bits per heavy atom. The van der Waals surface area contributed by atoms with E-state index >= 15 is 0 Å². The third-order valence-electron chi connectivity index (χ3n) is 3.50. The van der Waals surface area contributed by atoms with Gasteiger partial charge in [0.2, 0.25) is 0 Å². The Morgan fingerprint density at radius 2 is 1.30 bits per heavy atom. The molecule has 3 aromatic carbocycles. The molecule has 0 spiro atoms. The number of aryl methyl sites for hydroxylation is 1. The van der Waals surface area contributed by atoms with Crippen LogP contribution in [0, 0.1) is 6.92 Å². The highest BCUT2D eigenvalue weighted by Crippen LogP contribution is 2.34. The molecule has 0 atom stereocenters. The standard InChI is InChI=1S/C19H15Br/c1-14-7-2-3-10-17(14)19-12-5-4-11-18(19)15-8-6-9-16(20)13-15/h2-13H,1H3. The molecule has 0 bridgehead atoms. The van der Waals surface area contributed by atoms with Crippen molar-refractivity contribution >= 4 is 15.9 Å². The predicted octanol–water partition coefficient (Wildman–Crippen LogP) is 6.09. The van der Waals surface area contributed by atoms with E-state index in [1.807, 2.05) is 0 Å². The van der Waals surface area contributed by atoms with Crippen LogP contribution >= 0.6 is 15.9 Å². The van der Waals surface area contributed by atoms with Gasteiger partial charge in [0.25, 0.3) is 0 Å². The molecule has 0 fully saturated rings. The molecule has 0 aromatic heterocycles. The van der Waals surface area contributed by atoms with E-state index in [9.17, 15) is 0 Å². The van der Waals surface area contributed by atoms with Crippen LogP contribution in [0.5, 0.6) is 0 Å². The molecular weight excluding hydrogens is 308 g/mol. The summed E-state index contributed by atoms with van der Waals surface area (Å²) in [5, 5.41) is 0. The lowest BCUT2D eigenvalue weighted by molar-refractivity contribution is 1.45. The molecule has 0 radical (unpaired) electrons. The second-order valence-corrected chi connectivity index (χ2v) is 5.79. The lowest BCUT2D eigenvalue weighted by Gasteiger charge is -2.12. The maximum atomic E-state index is 3.55. The average Bonchev–Trinajstić information content (AvgIpc) is 2.48. The molecule has 3 rings (SSSR count). The van der Waals surface area contributed by atoms with Gasteiger partial charge >= 0.3 is 0 Å². The number of halogens is 1. The van der Waals surface area contributed by atoms with E-state index in [1.54, 1.807) is 0 Å². The highest BCUT2D eigenvalue weighted by molar-refractivity contribution is 9.10. The van der Waals surface area contributed by atoms with E-state index in [2.05, 4.69) is 95.7 Å². The van der Waals surface area contributed by atoms with Crippen molar-refractivity contribution in [1.29, 1.82) is 0 Å². The quantitative estimate of drug-likeness (QED) is 0.535. The van der Waals surface area contributed by atoms with Crippen molar-refractivity contribution in [1.82, 2.24) is 0 Å². The highest BCUT2D eigenvalue weighted by Gasteiger charge is 2.08. The first-order chi connectivity index (χ1) is 9.75. The molecule has 0 saturated heterocycles. The fourth-order valence-electron chi connectivity index (χ4n) is 2.50. The molecule has 0 aliphatic rings. The van der Waals surface area contributed by atoms with Gasteiger partial charge in [0.15, 0.2) is 0 Å². The van der Waals surface area contributed by atoms with Crippen molar-refractivity contribution in [3.63, 3.8) is 0 Å². The molecule has 98 valence electrons. The Balaban J connectivity index is 2.22. The van der Waals surface area contributed by atoms with Crippen molar-refractivity contribution in [3.8, 4) is 22.3 Å². The number of hydrogen-bond acceptors (Lipinski definition) is 0. The minimum Gasteiger partial charge on any atom is -0.0620 e. The molecule has 0 aliphatic heterocycles. The largest absolute Gasteiger partial charge is 0.0620 e. The molecular formula is C19H15Br. The molecule has 3 aromatic rings. The van der Waals surface area contributed by atoms with Gasteiger partial charge in [-0.15, -0.1) is 0 Å². The summed E-state index contributed by atoms with van der Waals surface area (Å²) in [7, 11) is 0. The van der Waals surface area contributed by atoms with Crippen LogP contribution in [0.15, 0.2) is 77.3 Å². The summed E-state index contributed by atoms with van der Waals surface area (Å²) in [6.07, 6.45) is 0. The van der Waals surface area contributed by atoms with Crippen LogP contribution in [0.1, 0.15) is 5.56 Å². The smallest absolute Gasteiger partial charge is 0.0181 e. The van der Waals surface area contributed by atoms with Gasteiger partial charge in [-0.1, -0.05) is 76.6 Å². The fourth-order valence-corrected chi connectivity index (χ4v) is 2.90. The van der Waals surface area contributed by atoms with Gasteiger partial charge < -0.3 is 0 Å². The van der Waals surface area contributed by atoms with Crippen LogP contribution < -0.4 is 0 Å². The summed E-state index contributed by atoms with van der Waals surface area (Å²) in [5.74, 6) is 0. The summed E-state index contributed by atoms with van der Waals surface area (Å²) in [6, 6.07) is 25.6. The van der Waals surface area contributed by atoms with Crippen LogP contribution in [0.25, 0.3) is 22.3 Å². The van der Waals surface area contributed by atoms with Gasteiger partial charge in [0.1, 0.15) is 0 Å². The van der Waals surface area contributed by atoms with E-state index in [4.69, 9.17) is 0 Å². The predicted molar refractivity (Wildman–Crippen MR) is 89.8 cm³/mol. The maximum absolute atomic E-state index is 3.55. The Labute approximate surface area is 128 Å². The highest BCUT2D eigenvalue weighted by atomic mass is 79.9. The molecule has 0 aliphatic carbocycles. The normalized spacial score (nSPS) is 10.5. The molecule has 0 heterocycles. The molecule has 0 amide bonds. The minimum atomic E-state index is 1.11. The molecule has 0 nitrogen and oxygen atoms in total. The van der Waals surface area contributed by atoms with Crippen LogP contribution in [-0.4, -0.2) is 0 Å². The van der Waals surface area contributed by atoms with E-state index in [0.717, 1.165) is 4.47 Å². The van der Waals surface area contributed by atoms with Crippen molar-refractivity contribution in [2.24, 2.45) is 0 Å². The third-order valence-corrected chi connectivity index (χ3v) is 3.99. The molecule has 0 saturated carbocycles.